The molecule has 1 heterocycles. The molecule has 6 heteroatoms. The molecule has 3 N–H and O–H groups in total. The van der Waals surface area contributed by atoms with Crippen LogP contribution in [0, 0.1) is 0 Å². The van der Waals surface area contributed by atoms with Gasteiger partial charge in [-0.2, -0.15) is 0 Å². The minimum absolute atomic E-state index is 0.0406. The van der Waals surface area contributed by atoms with E-state index in [1.54, 1.807) is 0 Å². The van der Waals surface area contributed by atoms with E-state index in [4.69, 9.17) is 10.8 Å². The van der Waals surface area contributed by atoms with E-state index in [0.717, 1.165) is 0 Å². The molecular weight excluding hydrogens is 258 g/mol. The zero-order valence-corrected chi connectivity index (χ0v) is 8.76. The lowest BCUT2D eigenvalue weighted by molar-refractivity contribution is 0.145. The molecule has 0 fully saturated rings. The Kier molecular flexibility index (Phi) is 3.91. The number of pyridine rings is 1. The third-order valence-electron chi connectivity index (χ3n) is 1.85. The van der Waals surface area contributed by atoms with Gasteiger partial charge in [-0.15, -0.1) is 0 Å². The highest BCUT2D eigenvalue weighted by atomic mass is 79.9. The summed E-state index contributed by atoms with van der Waals surface area (Å²) in [6.07, 6.45) is -1.44. The van der Waals surface area contributed by atoms with E-state index in [-0.39, 0.29) is 23.2 Å². The lowest BCUT2D eigenvalue weighted by atomic mass is 10.1. The molecule has 0 unspecified atom stereocenters. The summed E-state index contributed by atoms with van der Waals surface area (Å²) in [6.45, 7) is -0.506. The smallest absolute Gasteiger partial charge is 0.264 e. The van der Waals surface area contributed by atoms with Crippen LogP contribution >= 0.6 is 15.9 Å². The van der Waals surface area contributed by atoms with Crippen LogP contribution in [0.3, 0.4) is 0 Å². The van der Waals surface area contributed by atoms with Crippen molar-refractivity contribution in [2.45, 2.75) is 19.6 Å². The quantitative estimate of drug-likeness (QED) is 0.820. The minimum Gasteiger partial charge on any atom is -0.392 e. The van der Waals surface area contributed by atoms with Crippen LogP contribution in [0.25, 0.3) is 0 Å². The van der Waals surface area contributed by atoms with Crippen molar-refractivity contribution >= 4 is 15.9 Å². The maximum atomic E-state index is 12.6. The molecule has 14 heavy (non-hydrogen) atoms. The van der Waals surface area contributed by atoms with Gasteiger partial charge in [0.1, 0.15) is 4.60 Å². The number of hydrogen-bond acceptors (Lipinski definition) is 3. The Hall–Kier alpha value is -0.590. The molecule has 0 spiro atoms. The average molecular weight is 267 g/mol. The van der Waals surface area contributed by atoms with Gasteiger partial charge in [0.25, 0.3) is 6.43 Å². The molecule has 0 saturated heterocycles. The summed E-state index contributed by atoms with van der Waals surface area (Å²) >= 11 is 3.03. The van der Waals surface area contributed by atoms with Crippen LogP contribution in [0.2, 0.25) is 0 Å². The molecule has 0 aliphatic carbocycles. The minimum atomic E-state index is -2.66. The lowest BCUT2D eigenvalue weighted by Gasteiger charge is -2.12. The van der Waals surface area contributed by atoms with Gasteiger partial charge in [-0.25, -0.2) is 13.8 Å². The number of alkyl halides is 2. The van der Waals surface area contributed by atoms with Gasteiger partial charge in [0.15, 0.2) is 0 Å². The first-order valence-corrected chi connectivity index (χ1v) is 4.66. The van der Waals surface area contributed by atoms with E-state index in [0.29, 0.717) is 4.60 Å². The Morgan fingerprint density at radius 2 is 2.21 bits per heavy atom. The van der Waals surface area contributed by atoms with Crippen LogP contribution in [-0.4, -0.2) is 10.1 Å². The Labute approximate surface area is 88.1 Å². The summed E-state index contributed by atoms with van der Waals surface area (Å²) in [5.41, 5.74) is 5.46. The molecule has 1 aromatic rings. The van der Waals surface area contributed by atoms with E-state index < -0.39 is 13.0 Å². The summed E-state index contributed by atoms with van der Waals surface area (Å²) in [4.78, 5) is 3.81. The second-order valence-electron chi connectivity index (χ2n) is 2.63. The fraction of sp³-hybridized carbons (Fsp3) is 0.375. The van der Waals surface area contributed by atoms with Gasteiger partial charge < -0.3 is 10.8 Å². The zero-order chi connectivity index (χ0) is 10.7. The number of hydrogen-bond donors (Lipinski definition) is 2. The van der Waals surface area contributed by atoms with Crippen molar-refractivity contribution in [3.05, 3.63) is 27.5 Å². The lowest BCUT2D eigenvalue weighted by Crippen LogP contribution is -2.08. The molecule has 0 radical (unpaired) electrons. The molecular formula is C8H9BrF2N2O. The number of aliphatic hydroxyl groups is 1. The summed E-state index contributed by atoms with van der Waals surface area (Å²) in [5.74, 6) is 0. The number of aliphatic hydroxyl groups excluding tert-OH is 1. The van der Waals surface area contributed by atoms with Gasteiger partial charge in [0.05, 0.1) is 6.61 Å². The Bertz CT molecular complexity index is 333. The highest BCUT2D eigenvalue weighted by Gasteiger charge is 2.19. The first-order valence-electron chi connectivity index (χ1n) is 3.87. The Morgan fingerprint density at radius 1 is 1.57 bits per heavy atom. The van der Waals surface area contributed by atoms with Crippen LogP contribution in [0.4, 0.5) is 8.78 Å². The molecule has 0 bridgehead atoms. The predicted octanol–water partition coefficient (Wildman–Crippen LogP) is 1.73. The first kappa shape index (κ1) is 11.5. The summed E-state index contributed by atoms with van der Waals surface area (Å²) in [6, 6.07) is 0. The second kappa shape index (κ2) is 4.77. The van der Waals surface area contributed by atoms with Gasteiger partial charge in [-0.3, -0.25) is 0 Å². The Morgan fingerprint density at radius 3 is 2.64 bits per heavy atom. The average Bonchev–Trinajstić information content (AvgIpc) is 2.17. The molecule has 0 amide bonds. The molecule has 0 aliphatic rings. The fourth-order valence-corrected chi connectivity index (χ4v) is 1.66. The monoisotopic (exact) mass is 266 g/mol. The first-order chi connectivity index (χ1) is 6.61. The fourth-order valence-electron chi connectivity index (χ4n) is 1.18. The van der Waals surface area contributed by atoms with Gasteiger partial charge in [0, 0.05) is 29.4 Å². The largest absolute Gasteiger partial charge is 0.392 e. The van der Waals surface area contributed by atoms with Crippen molar-refractivity contribution in [2.75, 3.05) is 0 Å². The SMILES string of the molecule is NCc1c(Br)ncc(CO)c1C(F)F. The number of rotatable bonds is 3. The normalized spacial score (nSPS) is 11.0. The van der Waals surface area contributed by atoms with Gasteiger partial charge in [-0.1, -0.05) is 0 Å². The molecule has 0 aromatic carbocycles. The van der Waals surface area contributed by atoms with E-state index in [2.05, 4.69) is 20.9 Å². The van der Waals surface area contributed by atoms with Crippen molar-refractivity contribution < 1.29 is 13.9 Å². The molecule has 0 saturated carbocycles. The molecule has 3 nitrogen and oxygen atoms in total. The van der Waals surface area contributed by atoms with Crippen LogP contribution in [0.1, 0.15) is 23.1 Å². The van der Waals surface area contributed by atoms with E-state index >= 15 is 0 Å². The predicted molar refractivity (Wildman–Crippen MR) is 50.7 cm³/mol. The molecule has 0 aliphatic heterocycles. The van der Waals surface area contributed by atoms with E-state index in [9.17, 15) is 8.78 Å². The second-order valence-corrected chi connectivity index (χ2v) is 3.38. The third kappa shape index (κ3) is 2.08. The Balaban J connectivity index is 3.36. The van der Waals surface area contributed by atoms with Crippen molar-refractivity contribution in [1.82, 2.24) is 4.98 Å². The van der Waals surface area contributed by atoms with Crippen LogP contribution in [-0.2, 0) is 13.2 Å². The van der Waals surface area contributed by atoms with Crippen molar-refractivity contribution in [1.29, 1.82) is 0 Å². The van der Waals surface area contributed by atoms with Gasteiger partial charge in [-0.05, 0) is 15.9 Å². The zero-order valence-electron chi connectivity index (χ0n) is 7.17. The number of nitrogens with zero attached hydrogens (tertiary/aromatic N) is 1. The highest BCUT2D eigenvalue weighted by Crippen LogP contribution is 2.30. The number of nitrogens with two attached hydrogens (primary N) is 1. The van der Waals surface area contributed by atoms with Gasteiger partial charge in [0.2, 0.25) is 0 Å². The third-order valence-corrected chi connectivity index (χ3v) is 2.53. The standard InChI is InChI=1S/C8H9BrF2N2O/c9-7-5(1-12)6(8(10)11)4(3-14)2-13-7/h2,8,14H,1,3,12H2. The number of aromatic nitrogens is 1. The van der Waals surface area contributed by atoms with Crippen molar-refractivity contribution in [3.63, 3.8) is 0 Å². The molecule has 78 valence electrons. The molecule has 1 aromatic heterocycles. The van der Waals surface area contributed by atoms with Crippen molar-refractivity contribution in [3.8, 4) is 0 Å². The van der Waals surface area contributed by atoms with Crippen LogP contribution < -0.4 is 5.73 Å². The van der Waals surface area contributed by atoms with Gasteiger partial charge >= 0.3 is 0 Å². The van der Waals surface area contributed by atoms with E-state index in [1.807, 2.05) is 0 Å². The topological polar surface area (TPSA) is 59.1 Å². The van der Waals surface area contributed by atoms with Crippen LogP contribution in [0.5, 0.6) is 0 Å². The highest BCUT2D eigenvalue weighted by molar-refractivity contribution is 9.10. The summed E-state index contributed by atoms with van der Waals surface area (Å²) in [7, 11) is 0. The van der Waals surface area contributed by atoms with E-state index in [1.165, 1.54) is 6.20 Å². The molecule has 0 atom stereocenters. The maximum Gasteiger partial charge on any atom is 0.264 e. The van der Waals surface area contributed by atoms with Crippen molar-refractivity contribution in [2.24, 2.45) is 5.73 Å². The molecule has 1 rings (SSSR count). The van der Waals surface area contributed by atoms with Crippen LogP contribution in [0.15, 0.2) is 10.8 Å². The summed E-state index contributed by atoms with van der Waals surface area (Å²) < 4.78 is 25.6. The maximum absolute atomic E-state index is 12.6. The summed E-state index contributed by atoms with van der Waals surface area (Å²) in [5, 5.41) is 8.85. The number of halogens is 3.